The number of fused-ring (bicyclic) bond motifs is 1. The molecule has 0 fully saturated rings. The van der Waals surface area contributed by atoms with Crippen molar-refractivity contribution >= 4 is 23.4 Å². The molecule has 1 amide bonds. The minimum atomic E-state index is 0.0374. The molecule has 0 aliphatic rings. The Balaban J connectivity index is 1.70. The number of nitrogens with zero attached hydrogens (tertiary/aromatic N) is 5. The van der Waals surface area contributed by atoms with Crippen LogP contribution >= 0.6 is 11.8 Å². The van der Waals surface area contributed by atoms with Crippen molar-refractivity contribution < 1.29 is 9.53 Å². The van der Waals surface area contributed by atoms with E-state index in [2.05, 4.69) is 15.2 Å². The zero-order valence-electron chi connectivity index (χ0n) is 15.8. The van der Waals surface area contributed by atoms with Crippen LogP contribution in [0.2, 0.25) is 0 Å². The van der Waals surface area contributed by atoms with Crippen LogP contribution in [0, 0.1) is 13.8 Å². The maximum Gasteiger partial charge on any atom is 0.256 e. The van der Waals surface area contributed by atoms with Gasteiger partial charge in [0.25, 0.3) is 5.78 Å². The normalized spacial score (nSPS) is 11.1. The number of carbonyl (C=O) groups is 1. The van der Waals surface area contributed by atoms with Gasteiger partial charge in [0.15, 0.2) is 5.16 Å². The smallest absolute Gasteiger partial charge is 0.256 e. The van der Waals surface area contributed by atoms with Gasteiger partial charge in [-0.25, -0.2) is 4.98 Å². The van der Waals surface area contributed by atoms with Gasteiger partial charge >= 0.3 is 0 Å². The van der Waals surface area contributed by atoms with E-state index in [9.17, 15) is 4.79 Å². The minimum absolute atomic E-state index is 0.0374. The second-order valence-electron chi connectivity index (χ2n) is 6.24. The lowest BCUT2D eigenvalue weighted by Gasteiger charge is -2.22. The fraction of sp³-hybridized carbons (Fsp3) is 0.368. The Morgan fingerprint density at radius 1 is 1.22 bits per heavy atom. The fourth-order valence-corrected chi connectivity index (χ4v) is 3.70. The predicted molar refractivity (Wildman–Crippen MR) is 105 cm³/mol. The van der Waals surface area contributed by atoms with Crippen LogP contribution in [0.15, 0.2) is 41.6 Å². The number of aromatic nitrogens is 4. The maximum atomic E-state index is 12.8. The molecular formula is C19H23N5O2S. The number of ether oxygens (including phenoxy) is 1. The lowest BCUT2D eigenvalue weighted by molar-refractivity contribution is -0.129. The SMILES string of the molecule is COCCN(Cc1ccccc1)C(=O)CSc1nnc2nc(C)cc(C)n12. The first-order valence-corrected chi connectivity index (χ1v) is 9.70. The van der Waals surface area contributed by atoms with Crippen molar-refractivity contribution in [1.82, 2.24) is 24.5 Å². The summed E-state index contributed by atoms with van der Waals surface area (Å²) in [6.45, 7) is 5.51. The Morgan fingerprint density at radius 2 is 2.00 bits per heavy atom. The highest BCUT2D eigenvalue weighted by molar-refractivity contribution is 7.99. The van der Waals surface area contributed by atoms with E-state index in [1.807, 2.05) is 59.5 Å². The Bertz CT molecular complexity index is 913. The van der Waals surface area contributed by atoms with E-state index in [0.717, 1.165) is 17.0 Å². The van der Waals surface area contributed by atoms with Crippen LogP contribution < -0.4 is 0 Å². The van der Waals surface area contributed by atoms with E-state index in [-0.39, 0.29) is 11.7 Å². The van der Waals surface area contributed by atoms with Gasteiger partial charge in [0.2, 0.25) is 5.91 Å². The molecule has 0 aliphatic carbocycles. The molecule has 0 saturated carbocycles. The molecule has 0 atom stereocenters. The predicted octanol–water partition coefficient (Wildman–Crippen LogP) is 2.51. The van der Waals surface area contributed by atoms with Crippen molar-refractivity contribution in [2.24, 2.45) is 0 Å². The molecule has 0 saturated heterocycles. The number of methoxy groups -OCH3 is 1. The lowest BCUT2D eigenvalue weighted by atomic mass is 10.2. The van der Waals surface area contributed by atoms with Crippen molar-refractivity contribution in [3.8, 4) is 0 Å². The van der Waals surface area contributed by atoms with E-state index in [1.54, 1.807) is 7.11 Å². The second-order valence-corrected chi connectivity index (χ2v) is 7.18. The number of benzene rings is 1. The molecule has 27 heavy (non-hydrogen) atoms. The highest BCUT2D eigenvalue weighted by atomic mass is 32.2. The van der Waals surface area contributed by atoms with E-state index in [0.29, 0.717) is 30.6 Å². The molecule has 0 bridgehead atoms. The summed E-state index contributed by atoms with van der Waals surface area (Å²) in [7, 11) is 1.64. The summed E-state index contributed by atoms with van der Waals surface area (Å²) in [5.41, 5.74) is 2.99. The molecule has 0 radical (unpaired) electrons. The van der Waals surface area contributed by atoms with Crippen LogP contribution in [0.3, 0.4) is 0 Å². The Hall–Kier alpha value is -2.45. The average molecular weight is 385 g/mol. The first-order valence-electron chi connectivity index (χ1n) is 8.71. The first-order chi connectivity index (χ1) is 13.1. The Morgan fingerprint density at radius 3 is 2.74 bits per heavy atom. The molecule has 0 N–H and O–H groups in total. The van der Waals surface area contributed by atoms with E-state index in [4.69, 9.17) is 4.74 Å². The highest BCUT2D eigenvalue weighted by Gasteiger charge is 2.17. The molecule has 0 aliphatic heterocycles. The number of amides is 1. The van der Waals surface area contributed by atoms with Crippen LogP contribution in [-0.4, -0.2) is 56.4 Å². The monoisotopic (exact) mass is 385 g/mol. The Labute approximate surface area is 162 Å². The topological polar surface area (TPSA) is 72.6 Å². The van der Waals surface area contributed by atoms with Gasteiger partial charge in [0.05, 0.1) is 12.4 Å². The standard InChI is InChI=1S/C19H23N5O2S/c1-14-11-15(2)24-18(20-14)21-22-19(24)27-13-17(25)23(9-10-26-3)12-16-7-5-4-6-8-16/h4-8,11H,9-10,12-13H2,1-3H3. The second kappa shape index (κ2) is 8.96. The number of rotatable bonds is 8. The summed E-state index contributed by atoms with van der Waals surface area (Å²) in [4.78, 5) is 19.0. The van der Waals surface area contributed by atoms with Crippen LogP contribution in [0.4, 0.5) is 0 Å². The van der Waals surface area contributed by atoms with Crippen molar-refractivity contribution in [3.05, 3.63) is 53.3 Å². The minimum Gasteiger partial charge on any atom is -0.383 e. The van der Waals surface area contributed by atoms with E-state index in [1.165, 1.54) is 11.8 Å². The van der Waals surface area contributed by atoms with Crippen LogP contribution in [0.25, 0.3) is 5.78 Å². The van der Waals surface area contributed by atoms with Crippen LogP contribution in [-0.2, 0) is 16.1 Å². The van der Waals surface area contributed by atoms with Crippen molar-refractivity contribution in [3.63, 3.8) is 0 Å². The molecule has 3 aromatic rings. The summed E-state index contributed by atoms with van der Waals surface area (Å²) < 4.78 is 7.04. The molecule has 8 heteroatoms. The zero-order valence-corrected chi connectivity index (χ0v) is 16.6. The van der Waals surface area contributed by atoms with Gasteiger partial charge in [0.1, 0.15) is 0 Å². The highest BCUT2D eigenvalue weighted by Crippen LogP contribution is 2.19. The number of carbonyl (C=O) groups excluding carboxylic acids is 1. The van der Waals surface area contributed by atoms with Crippen LogP contribution in [0.1, 0.15) is 17.0 Å². The van der Waals surface area contributed by atoms with Gasteiger partial charge in [-0.05, 0) is 25.5 Å². The van der Waals surface area contributed by atoms with Crippen molar-refractivity contribution in [2.75, 3.05) is 26.0 Å². The van der Waals surface area contributed by atoms with Gasteiger partial charge in [-0.1, -0.05) is 42.1 Å². The van der Waals surface area contributed by atoms with E-state index < -0.39 is 0 Å². The fourth-order valence-electron chi connectivity index (χ4n) is 2.81. The molecule has 2 heterocycles. The largest absolute Gasteiger partial charge is 0.383 e. The van der Waals surface area contributed by atoms with Gasteiger partial charge in [0, 0.05) is 31.6 Å². The van der Waals surface area contributed by atoms with Gasteiger partial charge in [-0.15, -0.1) is 10.2 Å². The molecule has 0 unspecified atom stereocenters. The molecule has 0 spiro atoms. The van der Waals surface area contributed by atoms with Crippen molar-refractivity contribution in [1.29, 1.82) is 0 Å². The number of hydrogen-bond acceptors (Lipinski definition) is 6. The number of hydrogen-bond donors (Lipinski definition) is 0. The van der Waals surface area contributed by atoms with Gasteiger partial charge in [-0.3, -0.25) is 9.20 Å². The van der Waals surface area contributed by atoms with E-state index >= 15 is 0 Å². The third kappa shape index (κ3) is 4.84. The quantitative estimate of drug-likeness (QED) is 0.555. The summed E-state index contributed by atoms with van der Waals surface area (Å²) >= 11 is 1.37. The summed E-state index contributed by atoms with van der Waals surface area (Å²) in [6, 6.07) is 11.9. The molecule has 2 aromatic heterocycles. The Kier molecular flexibility index (Phi) is 6.41. The number of thioether (sulfide) groups is 1. The van der Waals surface area contributed by atoms with Crippen LogP contribution in [0.5, 0.6) is 0 Å². The molecule has 142 valence electrons. The molecule has 3 rings (SSSR count). The van der Waals surface area contributed by atoms with Gasteiger partial charge in [-0.2, -0.15) is 0 Å². The molecule has 7 nitrogen and oxygen atoms in total. The summed E-state index contributed by atoms with van der Waals surface area (Å²) in [5, 5.41) is 8.98. The molecule has 1 aromatic carbocycles. The molecular weight excluding hydrogens is 362 g/mol. The third-order valence-electron chi connectivity index (χ3n) is 4.12. The zero-order chi connectivity index (χ0) is 19.2. The summed E-state index contributed by atoms with van der Waals surface area (Å²) in [6.07, 6.45) is 0. The third-order valence-corrected chi connectivity index (χ3v) is 5.04. The lowest BCUT2D eigenvalue weighted by Crippen LogP contribution is -2.34. The average Bonchev–Trinajstić information content (AvgIpc) is 3.07. The number of aryl methyl sites for hydroxylation is 2. The van der Waals surface area contributed by atoms with Crippen molar-refractivity contribution in [2.45, 2.75) is 25.5 Å². The summed E-state index contributed by atoms with van der Waals surface area (Å²) in [5.74, 6) is 0.878. The first kappa shape index (κ1) is 19.3. The maximum absolute atomic E-state index is 12.8. The van der Waals surface area contributed by atoms with Gasteiger partial charge < -0.3 is 9.64 Å².